The van der Waals surface area contributed by atoms with E-state index in [4.69, 9.17) is 12.4 Å². The Morgan fingerprint density at radius 2 is 1.94 bits per heavy atom. The fourth-order valence-electron chi connectivity index (χ4n) is 3.28. The number of aliphatic carboxylic acids is 1. The van der Waals surface area contributed by atoms with E-state index in [-0.39, 0.29) is 12.8 Å². The molecule has 3 aromatic rings. The summed E-state index contributed by atoms with van der Waals surface area (Å²) >= 11 is 0. The predicted molar refractivity (Wildman–Crippen MR) is 121 cm³/mol. The summed E-state index contributed by atoms with van der Waals surface area (Å²) in [5.74, 6) is -6.43. The lowest BCUT2D eigenvalue weighted by molar-refractivity contribution is -0.153. The molecular weight excluding hydrogens is 406 g/mol. The van der Waals surface area contributed by atoms with Gasteiger partial charge in [0.2, 0.25) is 11.7 Å². The minimum atomic E-state index is -3.86. The number of tetrazole rings is 1. The number of carboxylic acids is 1. The molecule has 0 radical (unpaired) electrons. The lowest BCUT2D eigenvalue weighted by atomic mass is 9.97. The normalized spacial score (nSPS) is 18.1. The molecule has 0 bridgehead atoms. The van der Waals surface area contributed by atoms with Crippen LogP contribution in [0.1, 0.15) is 56.4 Å². The molecule has 168 valence electrons. The van der Waals surface area contributed by atoms with Crippen molar-refractivity contribution in [3.05, 3.63) is 54.1 Å². The van der Waals surface area contributed by atoms with Crippen LogP contribution in [0.5, 0.6) is 0 Å². The Morgan fingerprint density at radius 1 is 1.19 bits per heavy atom. The molecule has 0 spiro atoms. The zero-order chi connectivity index (χ0) is 30.6. The number of aromatic amines is 1. The zero-order valence-electron chi connectivity index (χ0n) is 26.5. The van der Waals surface area contributed by atoms with Gasteiger partial charge in [-0.05, 0) is 34.2 Å². The van der Waals surface area contributed by atoms with E-state index in [1.165, 1.54) is 0 Å². The third-order valence-corrected chi connectivity index (χ3v) is 4.86. The molecule has 1 amide bonds. The maximum atomic E-state index is 13.4. The molecule has 0 aliphatic heterocycles. The first-order valence-electron chi connectivity index (χ1n) is 14.4. The van der Waals surface area contributed by atoms with Crippen LogP contribution in [-0.2, 0) is 16.1 Å². The molecule has 2 aromatic carbocycles. The van der Waals surface area contributed by atoms with Gasteiger partial charge in [0, 0.05) is 28.1 Å². The predicted octanol–water partition coefficient (Wildman–Crippen LogP) is 4.16. The summed E-state index contributed by atoms with van der Waals surface area (Å²) in [6.07, 6.45) is 0.531. The van der Waals surface area contributed by atoms with Crippen LogP contribution >= 0.6 is 0 Å². The van der Waals surface area contributed by atoms with Gasteiger partial charge in [-0.25, -0.2) is 4.79 Å². The van der Waals surface area contributed by atoms with E-state index in [2.05, 4.69) is 25.7 Å². The van der Waals surface area contributed by atoms with Gasteiger partial charge in [0.05, 0.1) is 1.37 Å². The van der Waals surface area contributed by atoms with Gasteiger partial charge in [0.15, 0.2) is 0 Å². The van der Waals surface area contributed by atoms with Crippen LogP contribution < -0.4 is 0 Å². The lowest BCUT2D eigenvalue weighted by Crippen LogP contribution is -2.47. The largest absolute Gasteiger partial charge is 0.480 e. The number of rotatable bonds is 10. The van der Waals surface area contributed by atoms with Gasteiger partial charge in [-0.1, -0.05) is 75.6 Å². The minimum absolute atomic E-state index is 0.267. The fraction of sp³-hybridized carbons (Fsp3) is 0.375. The van der Waals surface area contributed by atoms with E-state index in [0.717, 1.165) is 5.56 Å². The number of hydrogen-bond acceptors (Lipinski definition) is 6. The van der Waals surface area contributed by atoms with E-state index in [0.29, 0.717) is 33.8 Å². The summed E-state index contributed by atoms with van der Waals surface area (Å²) in [4.78, 5) is 26.8. The van der Waals surface area contributed by atoms with Crippen molar-refractivity contribution in [1.82, 2.24) is 25.5 Å². The smallest absolute Gasteiger partial charge is 0.326 e. The highest BCUT2D eigenvalue weighted by Gasteiger charge is 2.32. The summed E-state index contributed by atoms with van der Waals surface area (Å²) in [5.41, 5.74) is 2.39. The number of carboxylic acid groups (broad SMARTS) is 1. The molecule has 1 aromatic heterocycles. The van der Waals surface area contributed by atoms with E-state index in [1.54, 1.807) is 49.4 Å². The molecule has 3 rings (SSSR count). The van der Waals surface area contributed by atoms with Crippen molar-refractivity contribution >= 4 is 11.9 Å². The summed E-state index contributed by atoms with van der Waals surface area (Å²) < 4.78 is 71.8. The first-order valence-corrected chi connectivity index (χ1v) is 10.0. The standard InChI is InChI=1S/C24H29N5O3/c1-4-5-10-21(30)29(22(16(2)3)24(31)32)15-17-11-13-18(14-12-17)19-8-6-7-9-20(19)23-25-27-28-26-23/h6-9,11-14,16,22H,4-5,10,15H2,1-3H3,(H,31,32)(H,25,26,27,28)/t22-/m0/s1/i2D3,3D3,16D,22D/hD. The van der Waals surface area contributed by atoms with Crippen LogP contribution in [0.3, 0.4) is 0 Å². The van der Waals surface area contributed by atoms with Gasteiger partial charge in [-0.15, -0.1) is 10.2 Å². The van der Waals surface area contributed by atoms with E-state index >= 15 is 0 Å². The Labute approximate surface area is 200 Å². The number of nitrogens with one attached hydrogen (secondary N) is 1. The van der Waals surface area contributed by atoms with Crippen molar-refractivity contribution < 1.29 is 25.7 Å². The molecule has 1 atom stereocenters. The Kier molecular flexibility index (Phi) is 4.59. The van der Waals surface area contributed by atoms with Crippen LogP contribution in [0, 0.1) is 5.89 Å². The first-order chi connectivity index (χ1) is 19.1. The van der Waals surface area contributed by atoms with Gasteiger partial charge in [-0.3, -0.25) is 4.79 Å². The lowest BCUT2D eigenvalue weighted by Gasteiger charge is -2.32. The number of unbranched alkanes of at least 4 members (excludes halogenated alkanes) is 1. The molecule has 0 unspecified atom stereocenters. The highest BCUT2D eigenvalue weighted by atomic mass is 16.4. The molecule has 0 saturated heterocycles. The number of aromatic nitrogens is 4. The number of amides is 1. The average Bonchev–Trinajstić information content (AvgIpc) is 3.47. The monoisotopic (exact) mass is 444 g/mol. The van der Waals surface area contributed by atoms with Crippen molar-refractivity contribution in [3.8, 4) is 22.5 Å². The van der Waals surface area contributed by atoms with Crippen molar-refractivity contribution in [2.45, 2.75) is 52.5 Å². The van der Waals surface area contributed by atoms with Gasteiger partial charge >= 0.3 is 5.97 Å². The Morgan fingerprint density at radius 3 is 2.56 bits per heavy atom. The SMILES string of the molecule is [2H]OC(=O)[C@@]([2H])(N(Cc1ccc(-c2ccccc2-c2nn[nH]n2)cc1)C(=O)CCCC)C([2H])(C([2H])([2H])[2H])C([2H])([2H])[2H]. The minimum Gasteiger partial charge on any atom is -0.480 e. The third-order valence-electron chi connectivity index (χ3n) is 4.86. The maximum absolute atomic E-state index is 13.4. The van der Waals surface area contributed by atoms with Gasteiger partial charge in [0.25, 0.3) is 1.43 Å². The molecule has 8 nitrogen and oxygen atoms in total. The van der Waals surface area contributed by atoms with Crippen molar-refractivity contribution in [2.24, 2.45) is 5.89 Å². The molecule has 0 aliphatic rings. The Hall–Kier alpha value is -3.55. The van der Waals surface area contributed by atoms with Gasteiger partial charge in [0.1, 0.15) is 6.02 Å². The average molecular weight is 445 g/mol. The van der Waals surface area contributed by atoms with Crippen molar-refractivity contribution in [3.63, 3.8) is 0 Å². The molecular formula is C24H29N5O3. The zero-order valence-corrected chi connectivity index (χ0v) is 17.5. The summed E-state index contributed by atoms with van der Waals surface area (Å²) in [7, 11) is 0. The number of benzene rings is 2. The number of carbonyl (C=O) groups is 2. The number of H-pyrrole nitrogens is 1. The molecule has 8 heteroatoms. The fourth-order valence-corrected chi connectivity index (χ4v) is 3.28. The molecule has 0 saturated carbocycles. The molecule has 0 fully saturated rings. The van der Waals surface area contributed by atoms with E-state index in [9.17, 15) is 9.59 Å². The highest BCUT2D eigenvalue weighted by molar-refractivity contribution is 5.84. The Bertz CT molecular complexity index is 1330. The van der Waals surface area contributed by atoms with E-state index < -0.39 is 44.0 Å². The second-order valence-electron chi connectivity index (χ2n) is 7.07. The number of hydrogen-bond donors (Lipinski definition) is 2. The molecule has 1 heterocycles. The van der Waals surface area contributed by atoms with Gasteiger partial charge < -0.3 is 10.0 Å². The first kappa shape index (κ1) is 13.8. The van der Waals surface area contributed by atoms with Gasteiger partial charge in [-0.2, -0.15) is 5.21 Å². The van der Waals surface area contributed by atoms with E-state index in [1.807, 2.05) is 6.07 Å². The summed E-state index contributed by atoms with van der Waals surface area (Å²) in [6.45, 7) is -6.37. The summed E-state index contributed by atoms with van der Waals surface area (Å²) in [6, 6.07) is 10.0. The van der Waals surface area contributed by atoms with Crippen molar-refractivity contribution in [1.29, 1.82) is 1.43 Å². The molecule has 0 aliphatic carbocycles. The second kappa shape index (κ2) is 10.7. The Balaban J connectivity index is 2.13. The number of carbonyl (C=O) groups excluding carboxylic acids is 1. The summed E-state index contributed by atoms with van der Waals surface area (Å²) in [5, 5.41) is 17.9. The van der Waals surface area contributed by atoms with Crippen LogP contribution in [0.2, 0.25) is 0 Å². The topological polar surface area (TPSA) is 112 Å². The molecule has 2 N–H and O–H groups in total. The quantitative estimate of drug-likeness (QED) is 0.485. The third kappa shape index (κ3) is 5.38. The number of nitrogens with zero attached hydrogens (tertiary/aromatic N) is 4. The maximum Gasteiger partial charge on any atom is 0.326 e. The van der Waals surface area contributed by atoms with Crippen LogP contribution in [-0.4, -0.2) is 48.5 Å². The highest BCUT2D eigenvalue weighted by Crippen LogP contribution is 2.30. The van der Waals surface area contributed by atoms with Crippen molar-refractivity contribution in [2.75, 3.05) is 0 Å². The van der Waals surface area contributed by atoms with Crippen LogP contribution in [0.15, 0.2) is 48.5 Å². The van der Waals surface area contributed by atoms with Crippen LogP contribution in [0.25, 0.3) is 23.9 Å². The second-order valence-corrected chi connectivity index (χ2v) is 7.07. The van der Waals surface area contributed by atoms with Crippen LogP contribution in [0.4, 0.5) is 0 Å². The molecule has 32 heavy (non-hydrogen) atoms.